The van der Waals surface area contributed by atoms with Gasteiger partial charge in [0.1, 0.15) is 0 Å². The summed E-state index contributed by atoms with van der Waals surface area (Å²) in [4.78, 5) is 0. The molecule has 1 aromatic rings. The van der Waals surface area contributed by atoms with Crippen LogP contribution in [0.2, 0.25) is 0 Å². The maximum Gasteiger partial charge on any atom is 0.0471 e. The summed E-state index contributed by atoms with van der Waals surface area (Å²) in [5.74, 6) is 0.712. The molecular weight excluding hydrogens is 172 g/mol. The van der Waals surface area contributed by atoms with Crippen LogP contribution < -0.4 is 0 Å². The summed E-state index contributed by atoms with van der Waals surface area (Å²) in [5.41, 5.74) is 1.29. The van der Waals surface area contributed by atoms with Gasteiger partial charge in [-0.05, 0) is 24.3 Å². The lowest BCUT2D eigenvalue weighted by Crippen LogP contribution is -2.13. The standard InChI is InChI=1S/C13H16O/c1-2-4-12(5-3-1)6-7-13-8-10-14-11-9-13/h1-7,13H,8-11H2/b7-6+. The fourth-order valence-electron chi connectivity index (χ4n) is 1.72. The minimum absolute atomic E-state index is 0.712. The smallest absolute Gasteiger partial charge is 0.0471 e. The normalized spacial score (nSPS) is 18.9. The van der Waals surface area contributed by atoms with E-state index >= 15 is 0 Å². The van der Waals surface area contributed by atoms with Crippen molar-refractivity contribution in [3.05, 3.63) is 42.0 Å². The zero-order valence-corrected chi connectivity index (χ0v) is 8.36. The predicted octanol–water partition coefficient (Wildman–Crippen LogP) is 3.13. The number of benzene rings is 1. The topological polar surface area (TPSA) is 9.23 Å². The van der Waals surface area contributed by atoms with Gasteiger partial charge in [0.15, 0.2) is 0 Å². The minimum Gasteiger partial charge on any atom is -0.381 e. The fraction of sp³-hybridized carbons (Fsp3) is 0.385. The summed E-state index contributed by atoms with van der Waals surface area (Å²) >= 11 is 0. The molecule has 1 heterocycles. The van der Waals surface area contributed by atoms with Gasteiger partial charge >= 0.3 is 0 Å². The van der Waals surface area contributed by atoms with Gasteiger partial charge in [-0.1, -0.05) is 42.5 Å². The van der Waals surface area contributed by atoms with Crippen LogP contribution in [0, 0.1) is 5.92 Å². The third-order valence-electron chi connectivity index (χ3n) is 2.63. The molecule has 1 aliphatic heterocycles. The quantitative estimate of drug-likeness (QED) is 0.693. The van der Waals surface area contributed by atoms with E-state index in [1.54, 1.807) is 0 Å². The average Bonchev–Trinajstić information content (AvgIpc) is 2.29. The van der Waals surface area contributed by atoms with E-state index in [2.05, 4.69) is 36.4 Å². The van der Waals surface area contributed by atoms with E-state index < -0.39 is 0 Å². The zero-order chi connectivity index (χ0) is 9.64. The van der Waals surface area contributed by atoms with Crippen molar-refractivity contribution in [1.82, 2.24) is 0 Å². The third kappa shape index (κ3) is 2.71. The van der Waals surface area contributed by atoms with Crippen LogP contribution in [0.3, 0.4) is 0 Å². The molecule has 0 radical (unpaired) electrons. The lowest BCUT2D eigenvalue weighted by molar-refractivity contribution is 0.0787. The maximum absolute atomic E-state index is 5.32. The molecule has 1 heteroatoms. The Morgan fingerprint density at radius 2 is 1.79 bits per heavy atom. The second-order valence-electron chi connectivity index (χ2n) is 3.72. The van der Waals surface area contributed by atoms with Crippen LogP contribution in [0.25, 0.3) is 6.08 Å². The van der Waals surface area contributed by atoms with Crippen molar-refractivity contribution in [3.8, 4) is 0 Å². The van der Waals surface area contributed by atoms with Gasteiger partial charge in [-0.3, -0.25) is 0 Å². The molecule has 1 aliphatic rings. The first kappa shape index (κ1) is 9.47. The maximum atomic E-state index is 5.32. The van der Waals surface area contributed by atoms with Crippen LogP contribution in [0.1, 0.15) is 18.4 Å². The number of allylic oxidation sites excluding steroid dienone is 1. The third-order valence-corrected chi connectivity index (χ3v) is 2.63. The zero-order valence-electron chi connectivity index (χ0n) is 8.36. The molecule has 0 unspecified atom stereocenters. The Bertz CT molecular complexity index is 283. The van der Waals surface area contributed by atoms with Gasteiger partial charge in [-0.15, -0.1) is 0 Å². The molecule has 1 aromatic carbocycles. The molecule has 1 nitrogen and oxygen atoms in total. The Balaban J connectivity index is 1.93. The van der Waals surface area contributed by atoms with Gasteiger partial charge in [0.2, 0.25) is 0 Å². The van der Waals surface area contributed by atoms with Crippen molar-refractivity contribution in [1.29, 1.82) is 0 Å². The second kappa shape index (κ2) is 4.97. The van der Waals surface area contributed by atoms with Crippen molar-refractivity contribution in [2.24, 2.45) is 5.92 Å². The highest BCUT2D eigenvalue weighted by atomic mass is 16.5. The van der Waals surface area contributed by atoms with E-state index in [0.29, 0.717) is 5.92 Å². The van der Waals surface area contributed by atoms with Crippen molar-refractivity contribution in [3.63, 3.8) is 0 Å². The minimum atomic E-state index is 0.712. The molecule has 0 aromatic heterocycles. The molecule has 1 fully saturated rings. The largest absolute Gasteiger partial charge is 0.381 e. The molecule has 0 N–H and O–H groups in total. The SMILES string of the molecule is C(=C\C1CCOCC1)/c1ccccc1. The summed E-state index contributed by atoms with van der Waals surface area (Å²) in [6, 6.07) is 10.5. The Labute approximate surface area is 85.4 Å². The van der Waals surface area contributed by atoms with E-state index in [0.717, 1.165) is 13.2 Å². The summed E-state index contributed by atoms with van der Waals surface area (Å²) < 4.78 is 5.32. The van der Waals surface area contributed by atoms with Gasteiger partial charge < -0.3 is 4.74 Å². The van der Waals surface area contributed by atoms with Gasteiger partial charge in [0.25, 0.3) is 0 Å². The molecule has 74 valence electrons. The van der Waals surface area contributed by atoms with Crippen molar-refractivity contribution in [2.75, 3.05) is 13.2 Å². The molecule has 0 bridgehead atoms. The summed E-state index contributed by atoms with van der Waals surface area (Å²) in [5, 5.41) is 0. The first-order valence-corrected chi connectivity index (χ1v) is 5.26. The van der Waals surface area contributed by atoms with E-state index in [1.165, 1.54) is 18.4 Å². The fourth-order valence-corrected chi connectivity index (χ4v) is 1.72. The molecule has 1 saturated heterocycles. The highest BCUT2D eigenvalue weighted by Crippen LogP contribution is 2.17. The van der Waals surface area contributed by atoms with Gasteiger partial charge in [0.05, 0.1) is 0 Å². The summed E-state index contributed by atoms with van der Waals surface area (Å²) in [7, 11) is 0. The summed E-state index contributed by atoms with van der Waals surface area (Å²) in [6.07, 6.45) is 6.88. The number of rotatable bonds is 2. The Morgan fingerprint density at radius 3 is 2.50 bits per heavy atom. The van der Waals surface area contributed by atoms with Crippen LogP contribution in [-0.4, -0.2) is 13.2 Å². The highest BCUT2D eigenvalue weighted by Gasteiger charge is 2.09. The molecule has 0 saturated carbocycles. The van der Waals surface area contributed by atoms with Crippen molar-refractivity contribution >= 4 is 6.08 Å². The Kier molecular flexibility index (Phi) is 3.36. The Morgan fingerprint density at radius 1 is 1.07 bits per heavy atom. The Hall–Kier alpha value is -1.08. The molecule has 2 rings (SSSR count). The van der Waals surface area contributed by atoms with E-state index in [4.69, 9.17) is 4.74 Å². The van der Waals surface area contributed by atoms with E-state index in [1.807, 2.05) is 6.07 Å². The lowest BCUT2D eigenvalue weighted by atomic mass is 9.99. The number of hydrogen-bond donors (Lipinski definition) is 0. The summed E-state index contributed by atoms with van der Waals surface area (Å²) in [6.45, 7) is 1.84. The second-order valence-corrected chi connectivity index (χ2v) is 3.72. The molecule has 0 aliphatic carbocycles. The lowest BCUT2D eigenvalue weighted by Gasteiger charge is -2.18. The highest BCUT2D eigenvalue weighted by molar-refractivity contribution is 5.48. The molecule has 14 heavy (non-hydrogen) atoms. The van der Waals surface area contributed by atoms with Gasteiger partial charge in [-0.2, -0.15) is 0 Å². The van der Waals surface area contributed by atoms with E-state index in [-0.39, 0.29) is 0 Å². The number of ether oxygens (including phenoxy) is 1. The molecule has 0 amide bonds. The van der Waals surface area contributed by atoms with Crippen LogP contribution in [0.4, 0.5) is 0 Å². The van der Waals surface area contributed by atoms with Crippen molar-refractivity contribution in [2.45, 2.75) is 12.8 Å². The average molecular weight is 188 g/mol. The first-order valence-electron chi connectivity index (χ1n) is 5.26. The molecular formula is C13H16O. The van der Waals surface area contributed by atoms with Crippen LogP contribution in [-0.2, 0) is 4.74 Å². The van der Waals surface area contributed by atoms with E-state index in [9.17, 15) is 0 Å². The molecule has 0 atom stereocenters. The van der Waals surface area contributed by atoms with Crippen LogP contribution in [0.5, 0.6) is 0 Å². The predicted molar refractivity (Wildman–Crippen MR) is 59.0 cm³/mol. The van der Waals surface area contributed by atoms with Crippen LogP contribution >= 0.6 is 0 Å². The molecule has 0 spiro atoms. The van der Waals surface area contributed by atoms with Gasteiger partial charge in [0, 0.05) is 13.2 Å². The monoisotopic (exact) mass is 188 g/mol. The van der Waals surface area contributed by atoms with Crippen molar-refractivity contribution < 1.29 is 4.74 Å². The first-order chi connectivity index (χ1) is 6.95. The van der Waals surface area contributed by atoms with Gasteiger partial charge in [-0.25, -0.2) is 0 Å². The van der Waals surface area contributed by atoms with Crippen LogP contribution in [0.15, 0.2) is 36.4 Å². The number of hydrogen-bond acceptors (Lipinski definition) is 1.